The number of aldehydes is 1. The van der Waals surface area contributed by atoms with E-state index < -0.39 is 0 Å². The van der Waals surface area contributed by atoms with Gasteiger partial charge in [0.2, 0.25) is 0 Å². The van der Waals surface area contributed by atoms with Crippen LogP contribution in [0.1, 0.15) is 10.4 Å². The van der Waals surface area contributed by atoms with Crippen LogP contribution in [0.4, 0.5) is 4.39 Å². The van der Waals surface area contributed by atoms with Crippen LogP contribution < -0.4 is 0 Å². The molecule has 0 aliphatic carbocycles. The fourth-order valence-electron chi connectivity index (χ4n) is 2.93. The van der Waals surface area contributed by atoms with Crippen molar-refractivity contribution >= 4 is 28.1 Å². The van der Waals surface area contributed by atoms with Crippen LogP contribution in [-0.2, 0) is 0 Å². The summed E-state index contributed by atoms with van der Waals surface area (Å²) in [5, 5.41) is 1.89. The molecule has 22 heavy (non-hydrogen) atoms. The number of hydrogen-bond donors (Lipinski definition) is 0. The fourth-order valence-corrected chi connectivity index (χ4v) is 2.93. The summed E-state index contributed by atoms with van der Waals surface area (Å²) in [6, 6.07) is 20.1. The summed E-state index contributed by atoms with van der Waals surface area (Å²) in [5.41, 5.74) is 3.54. The minimum atomic E-state index is -0.244. The lowest BCUT2D eigenvalue weighted by Crippen LogP contribution is -1.94. The number of hydrogen-bond acceptors (Lipinski definition) is 1. The highest BCUT2D eigenvalue weighted by Crippen LogP contribution is 2.32. The second-order valence-corrected chi connectivity index (χ2v) is 5.22. The van der Waals surface area contributed by atoms with Crippen molar-refractivity contribution in [3.05, 3.63) is 78.1 Å². The smallest absolute Gasteiger partial charge is 0.150 e. The molecule has 0 fully saturated rings. The number of benzene rings is 3. The van der Waals surface area contributed by atoms with Crippen molar-refractivity contribution in [1.29, 1.82) is 0 Å². The van der Waals surface area contributed by atoms with Crippen molar-refractivity contribution < 1.29 is 9.18 Å². The molecule has 0 spiro atoms. The summed E-state index contributed by atoms with van der Waals surface area (Å²) < 4.78 is 15.7. The van der Waals surface area contributed by atoms with Crippen molar-refractivity contribution in [2.75, 3.05) is 0 Å². The third kappa shape index (κ3) is 1.83. The number of carbonyl (C=O) groups excluding carboxylic acids is 1. The third-order valence-corrected chi connectivity index (χ3v) is 3.92. The first-order valence-electron chi connectivity index (χ1n) is 7.02. The van der Waals surface area contributed by atoms with Gasteiger partial charge in [0.15, 0.2) is 0 Å². The summed E-state index contributed by atoms with van der Waals surface area (Å²) >= 11 is 0. The Bertz CT molecular complexity index is 999. The van der Waals surface area contributed by atoms with Gasteiger partial charge in [-0.05, 0) is 48.5 Å². The topological polar surface area (TPSA) is 22.0 Å². The van der Waals surface area contributed by atoms with Crippen molar-refractivity contribution in [2.24, 2.45) is 0 Å². The number of halogens is 1. The first-order valence-corrected chi connectivity index (χ1v) is 7.02. The number of fused-ring (bicyclic) bond motifs is 3. The molecule has 0 amide bonds. The van der Waals surface area contributed by atoms with Gasteiger partial charge in [0, 0.05) is 22.0 Å². The van der Waals surface area contributed by atoms with Crippen LogP contribution in [0.2, 0.25) is 0 Å². The number of rotatable bonds is 2. The summed E-state index contributed by atoms with van der Waals surface area (Å²) in [6.45, 7) is 0. The van der Waals surface area contributed by atoms with E-state index in [1.807, 2.05) is 36.4 Å². The number of carbonyl (C=O) groups is 1. The molecular weight excluding hydrogens is 277 g/mol. The van der Waals surface area contributed by atoms with Crippen molar-refractivity contribution in [1.82, 2.24) is 4.57 Å². The minimum Gasteiger partial charge on any atom is -0.309 e. The monoisotopic (exact) mass is 289 g/mol. The number of nitrogens with zero attached hydrogens (tertiary/aromatic N) is 1. The normalized spacial score (nSPS) is 11.1. The van der Waals surface area contributed by atoms with Crippen LogP contribution in [0, 0.1) is 5.82 Å². The van der Waals surface area contributed by atoms with Gasteiger partial charge in [-0.15, -0.1) is 0 Å². The summed E-state index contributed by atoms with van der Waals surface area (Å²) in [7, 11) is 0. The standard InChI is InChI=1S/C19H12FNO/c20-14-7-10-19-17(11-14)16-3-1-2-4-18(16)21(19)15-8-5-13(12-22)6-9-15/h1-12H. The predicted molar refractivity (Wildman–Crippen MR) is 86.1 cm³/mol. The van der Waals surface area contributed by atoms with Gasteiger partial charge < -0.3 is 4.57 Å². The maximum Gasteiger partial charge on any atom is 0.150 e. The van der Waals surface area contributed by atoms with Crippen molar-refractivity contribution in [3.8, 4) is 5.69 Å². The Kier molecular flexibility index (Phi) is 2.79. The Morgan fingerprint density at radius 1 is 0.818 bits per heavy atom. The zero-order valence-electron chi connectivity index (χ0n) is 11.7. The highest BCUT2D eigenvalue weighted by Gasteiger charge is 2.12. The largest absolute Gasteiger partial charge is 0.309 e. The molecule has 0 atom stereocenters. The lowest BCUT2D eigenvalue weighted by atomic mass is 10.1. The van der Waals surface area contributed by atoms with Crippen LogP contribution in [0.25, 0.3) is 27.5 Å². The van der Waals surface area contributed by atoms with E-state index in [2.05, 4.69) is 4.57 Å². The fraction of sp³-hybridized carbons (Fsp3) is 0. The Balaban J connectivity index is 2.11. The number of aromatic nitrogens is 1. The van der Waals surface area contributed by atoms with Gasteiger partial charge in [0.05, 0.1) is 11.0 Å². The van der Waals surface area contributed by atoms with Crippen LogP contribution in [0.3, 0.4) is 0 Å². The van der Waals surface area contributed by atoms with Gasteiger partial charge >= 0.3 is 0 Å². The molecule has 0 saturated carbocycles. The second-order valence-electron chi connectivity index (χ2n) is 5.22. The molecule has 4 aromatic rings. The molecule has 0 aliphatic heterocycles. The van der Waals surface area contributed by atoms with Gasteiger partial charge in [-0.25, -0.2) is 4.39 Å². The molecule has 0 bridgehead atoms. The van der Waals surface area contributed by atoms with Crippen molar-refractivity contribution in [3.63, 3.8) is 0 Å². The Labute approximate surface area is 126 Å². The lowest BCUT2D eigenvalue weighted by Gasteiger charge is -2.07. The number of para-hydroxylation sites is 1. The first kappa shape index (κ1) is 12.8. The molecule has 106 valence electrons. The van der Waals surface area contributed by atoms with E-state index in [1.54, 1.807) is 24.3 Å². The van der Waals surface area contributed by atoms with Gasteiger partial charge in [-0.1, -0.05) is 18.2 Å². The van der Waals surface area contributed by atoms with Crippen LogP contribution in [0.5, 0.6) is 0 Å². The summed E-state index contributed by atoms with van der Waals surface area (Å²) in [4.78, 5) is 10.8. The highest BCUT2D eigenvalue weighted by molar-refractivity contribution is 6.09. The van der Waals surface area contributed by atoms with E-state index in [9.17, 15) is 9.18 Å². The van der Waals surface area contributed by atoms with E-state index in [4.69, 9.17) is 0 Å². The first-order chi connectivity index (χ1) is 10.8. The molecule has 0 N–H and O–H groups in total. The maximum atomic E-state index is 13.6. The predicted octanol–water partition coefficient (Wildman–Crippen LogP) is 4.74. The lowest BCUT2D eigenvalue weighted by molar-refractivity contribution is 0.112. The zero-order chi connectivity index (χ0) is 15.1. The van der Waals surface area contributed by atoms with Gasteiger partial charge in [0.1, 0.15) is 12.1 Å². The van der Waals surface area contributed by atoms with Gasteiger partial charge in [-0.3, -0.25) is 4.79 Å². The SMILES string of the molecule is O=Cc1ccc(-n2c3ccccc3c3cc(F)ccc32)cc1. The highest BCUT2D eigenvalue weighted by atomic mass is 19.1. The van der Waals surface area contributed by atoms with Crippen LogP contribution in [-0.4, -0.2) is 10.9 Å². The van der Waals surface area contributed by atoms with E-state index in [0.29, 0.717) is 5.56 Å². The molecule has 0 saturated heterocycles. The minimum absolute atomic E-state index is 0.244. The molecule has 2 nitrogen and oxygen atoms in total. The third-order valence-electron chi connectivity index (χ3n) is 3.92. The summed E-state index contributed by atoms with van der Waals surface area (Å²) in [5.74, 6) is -0.244. The molecule has 0 unspecified atom stereocenters. The molecule has 1 aromatic heterocycles. The van der Waals surface area contributed by atoms with E-state index in [-0.39, 0.29) is 5.82 Å². The van der Waals surface area contributed by atoms with E-state index in [0.717, 1.165) is 33.8 Å². The second kappa shape index (κ2) is 4.81. The van der Waals surface area contributed by atoms with E-state index >= 15 is 0 Å². The van der Waals surface area contributed by atoms with Crippen LogP contribution in [0.15, 0.2) is 66.7 Å². The summed E-state index contributed by atoms with van der Waals surface area (Å²) in [6.07, 6.45) is 0.824. The molecule has 4 rings (SSSR count). The average molecular weight is 289 g/mol. The molecule has 0 aliphatic rings. The zero-order valence-corrected chi connectivity index (χ0v) is 11.7. The Morgan fingerprint density at radius 3 is 2.32 bits per heavy atom. The van der Waals surface area contributed by atoms with Gasteiger partial charge in [-0.2, -0.15) is 0 Å². The van der Waals surface area contributed by atoms with Gasteiger partial charge in [0.25, 0.3) is 0 Å². The maximum absolute atomic E-state index is 13.6. The molecule has 3 heteroatoms. The quantitative estimate of drug-likeness (QED) is 0.489. The Hall–Kier alpha value is -2.94. The molecule has 0 radical (unpaired) electrons. The molecule has 1 heterocycles. The Morgan fingerprint density at radius 2 is 1.55 bits per heavy atom. The van der Waals surface area contributed by atoms with Crippen molar-refractivity contribution in [2.45, 2.75) is 0 Å². The average Bonchev–Trinajstić information content (AvgIpc) is 2.89. The molecule has 3 aromatic carbocycles. The van der Waals surface area contributed by atoms with E-state index in [1.165, 1.54) is 6.07 Å². The molecular formula is C19H12FNO. The van der Waals surface area contributed by atoms with Crippen LogP contribution >= 0.6 is 0 Å².